The van der Waals surface area contributed by atoms with Gasteiger partial charge in [-0.2, -0.15) is 0 Å². The molecular weight excluding hydrogens is 1040 g/mol. The van der Waals surface area contributed by atoms with Crippen LogP contribution in [-0.2, 0) is 23.4 Å². The summed E-state index contributed by atoms with van der Waals surface area (Å²) < 4.78 is 21.3. The summed E-state index contributed by atoms with van der Waals surface area (Å²) in [6.07, 6.45) is 3.63. The van der Waals surface area contributed by atoms with E-state index in [9.17, 15) is 4.79 Å². The average molecular weight is 1100 g/mol. The number of carbonyl (C=O) groups is 2. The first-order valence-corrected chi connectivity index (χ1v) is 55.1. The number of hydrogen-bond acceptors (Lipinski definition) is 5. The van der Waals surface area contributed by atoms with Crippen molar-refractivity contribution in [3.05, 3.63) is 23.8 Å². The van der Waals surface area contributed by atoms with Gasteiger partial charge in [0.1, 0.15) is 12.0 Å². The summed E-state index contributed by atoms with van der Waals surface area (Å²) in [5.74, 6) is -1.52. The lowest BCUT2D eigenvalue weighted by Crippen LogP contribution is -2.54. The van der Waals surface area contributed by atoms with Gasteiger partial charge in [-0.25, -0.2) is 0 Å². The molecule has 49 heavy (non-hydrogen) atoms. The molecule has 1 heterocycles. The van der Waals surface area contributed by atoms with Gasteiger partial charge in [-0.3, -0.25) is 9.59 Å². The highest BCUT2D eigenvalue weighted by Gasteiger charge is 2.64. The van der Waals surface area contributed by atoms with Crippen LogP contribution in [0.3, 0.4) is 0 Å². The third-order valence-corrected chi connectivity index (χ3v) is 127. The maximum absolute atomic E-state index is 15.0. The second-order valence-corrected chi connectivity index (χ2v) is 95.8. The molecular formula is C21H53O5P23. The van der Waals surface area contributed by atoms with Crippen LogP contribution < -0.4 is 0 Å². The molecule has 282 valence electrons. The summed E-state index contributed by atoms with van der Waals surface area (Å²) in [7, 11) is 36.3. The minimum absolute atomic E-state index is 0.0298. The average Bonchev–Trinajstić information content (AvgIpc) is 3.22. The van der Waals surface area contributed by atoms with Crippen molar-refractivity contribution in [2.24, 2.45) is 22.7 Å². The first-order valence-electron chi connectivity index (χ1n) is 14.7. The van der Waals surface area contributed by atoms with Crippen LogP contribution in [0, 0.1) is 22.7 Å². The van der Waals surface area contributed by atoms with Crippen LogP contribution in [0.25, 0.3) is 0 Å². The quantitative estimate of drug-likeness (QED) is 0.0667. The van der Waals surface area contributed by atoms with Crippen LogP contribution in [0.2, 0.25) is 0 Å². The Bertz CT molecular complexity index is 1210. The van der Waals surface area contributed by atoms with Crippen LogP contribution in [0.15, 0.2) is 23.8 Å². The zero-order valence-corrected chi connectivity index (χ0v) is 51.7. The van der Waals surface area contributed by atoms with Gasteiger partial charge >= 0.3 is 5.97 Å². The van der Waals surface area contributed by atoms with Crippen LogP contribution in [0.5, 0.6) is 0 Å². The van der Waals surface area contributed by atoms with Crippen molar-refractivity contribution in [1.82, 2.24) is 0 Å². The van der Waals surface area contributed by atoms with Gasteiger partial charge in [-0.05, 0) is 84.1 Å². The lowest BCUT2D eigenvalue weighted by molar-refractivity contribution is -0.149. The van der Waals surface area contributed by atoms with E-state index in [2.05, 4.69) is 141 Å². The van der Waals surface area contributed by atoms with E-state index in [0.29, 0.717) is 19.3 Å². The zero-order valence-electron chi connectivity index (χ0n) is 27.9. The molecule has 1 saturated heterocycles. The minimum atomic E-state index is -0.813. The number of ketones is 1. The van der Waals surface area contributed by atoms with E-state index in [-0.39, 0.29) is 70.9 Å². The Morgan fingerprint density at radius 2 is 1.45 bits per heavy atom. The van der Waals surface area contributed by atoms with E-state index < -0.39 is 52.8 Å². The Kier molecular flexibility index (Phi) is 24.5. The Morgan fingerprint density at radius 3 is 1.92 bits per heavy atom. The molecule has 0 aromatic rings. The molecule has 0 amide bonds. The van der Waals surface area contributed by atoms with Crippen LogP contribution in [-0.4, -0.2) is 30.1 Å². The molecule has 2 fully saturated rings. The summed E-state index contributed by atoms with van der Waals surface area (Å²) in [4.78, 5) is 28.9. The smallest absolute Gasteiger partial charge is 0.317 e. The maximum Gasteiger partial charge on any atom is 0.317 e. The molecule has 28 heteroatoms. The third-order valence-electron chi connectivity index (χ3n) is 9.14. The van der Waals surface area contributed by atoms with Crippen molar-refractivity contribution < 1.29 is 23.4 Å². The lowest BCUT2D eigenvalue weighted by Gasteiger charge is -2.52. The molecule has 2 aliphatic carbocycles. The number of Topliss-reactive ketones (excluding diaryl/α,β-unsaturated/α-hetero) is 1. The van der Waals surface area contributed by atoms with Crippen molar-refractivity contribution in [1.29, 1.82) is 0 Å². The van der Waals surface area contributed by atoms with Gasteiger partial charge in [0.25, 0.3) is 0 Å². The van der Waals surface area contributed by atoms with E-state index >= 15 is 4.79 Å². The summed E-state index contributed by atoms with van der Waals surface area (Å²) >= 11 is 0. The molecule has 1 saturated carbocycles. The van der Waals surface area contributed by atoms with Gasteiger partial charge in [0.15, 0.2) is 5.78 Å². The van der Waals surface area contributed by atoms with Crippen LogP contribution >= 0.6 is 186 Å². The molecule has 2 bridgehead atoms. The molecule has 18 unspecified atom stereocenters. The Morgan fingerprint density at radius 1 is 0.878 bits per heavy atom. The SMILES string of the molecule is C=CCC[C@@H]1OC(=O)[C@@H]2C(=O)C3C[C@H](OP(P(P)P(P)P)P(P(P)P)P(P)P)C(C)=C([C@H](OP(P(P)P)P(PP)P(P)P)C[C@@]21C)C3(C)C. The summed E-state index contributed by atoms with van der Waals surface area (Å²) in [5, 5.41) is 0. The number of esters is 1. The topological polar surface area (TPSA) is 61.8 Å². The van der Waals surface area contributed by atoms with Crippen molar-refractivity contribution in [3.63, 3.8) is 0 Å². The van der Waals surface area contributed by atoms with Gasteiger partial charge < -0.3 is 13.8 Å². The molecule has 0 radical (unpaired) electrons. The molecule has 5 nitrogen and oxygen atoms in total. The van der Waals surface area contributed by atoms with Gasteiger partial charge in [-0.1, -0.05) is 43.7 Å². The standard InChI is InChI=1S/C21H53O5P23/c1-6-7-8-15-21(5)10-14(26-40(42(28)29)48(39-27)44(32)33)16-11(2)13(9-12(20(16,3)4)18(22)17(21)19(23)24-15)25-41(47(38)43(30)31)49(45(34)35)46(36)37/h6,12-15,17,39H,1,7-10,27-38H2,2-5H3/t12?,13-,14+,15-,17-,21+,40?,41?,47?,48?/m0/s1. The number of rotatable bonds is 16. The molecule has 0 N–H and O–H groups in total. The van der Waals surface area contributed by atoms with Crippen molar-refractivity contribution in [2.45, 2.75) is 71.7 Å². The summed E-state index contributed by atoms with van der Waals surface area (Å²) in [6, 6.07) is 0. The van der Waals surface area contributed by atoms with E-state index in [4.69, 9.17) is 13.8 Å². The van der Waals surface area contributed by atoms with Gasteiger partial charge in [0.05, 0.1) is 27.3 Å². The third kappa shape index (κ3) is 12.5. The first-order chi connectivity index (χ1) is 22.7. The molecule has 3 aliphatic rings. The number of carbonyl (C=O) groups excluding carboxylic acids is 2. The second-order valence-electron chi connectivity index (χ2n) is 12.5. The fraction of sp³-hybridized carbons (Fsp3) is 0.714. The number of hydrogen-bond donors (Lipinski definition) is 0. The van der Waals surface area contributed by atoms with Gasteiger partial charge in [-0.15, -0.1) is 105 Å². The lowest BCUT2D eigenvalue weighted by atomic mass is 9.54. The zero-order chi connectivity index (χ0) is 37.3. The molecule has 23 atom stereocenters. The van der Waals surface area contributed by atoms with Crippen molar-refractivity contribution in [3.8, 4) is 0 Å². The predicted molar refractivity (Wildman–Crippen MR) is 289 cm³/mol. The maximum atomic E-state index is 15.0. The molecule has 3 rings (SSSR count). The van der Waals surface area contributed by atoms with Crippen molar-refractivity contribution >= 4 is 198 Å². The minimum Gasteiger partial charge on any atom is -0.461 e. The summed E-state index contributed by atoms with van der Waals surface area (Å²) in [6.45, 7) is 9.59. The number of ether oxygens (including phenoxy) is 1. The van der Waals surface area contributed by atoms with E-state index in [0.717, 1.165) is 14.4 Å². The highest BCUT2D eigenvalue weighted by molar-refractivity contribution is 9.19. The monoisotopic (exact) mass is 1100 g/mol. The fourth-order valence-corrected chi connectivity index (χ4v) is 169. The van der Waals surface area contributed by atoms with Crippen LogP contribution in [0.1, 0.15) is 53.4 Å². The predicted octanol–water partition coefficient (Wildman–Crippen LogP) is 16.6. The largest absolute Gasteiger partial charge is 0.461 e. The molecule has 0 spiro atoms. The normalized spacial score (nSPS) is 31.6. The van der Waals surface area contributed by atoms with Gasteiger partial charge in [0, 0.05) is 32.3 Å². The summed E-state index contributed by atoms with van der Waals surface area (Å²) in [5.41, 5.74) is 1.30. The highest BCUT2D eigenvalue weighted by atomic mass is 33.2. The molecule has 1 aliphatic heterocycles. The molecule has 0 aromatic carbocycles. The number of cyclic esters (lactones) is 1. The number of allylic oxidation sites excluding steroid dienone is 1. The highest BCUT2D eigenvalue weighted by Crippen LogP contribution is 3.18. The Balaban J connectivity index is 2.31. The van der Waals surface area contributed by atoms with E-state index in [1.54, 1.807) is 0 Å². The number of fused-ring (bicyclic) bond motifs is 3. The van der Waals surface area contributed by atoms with Crippen molar-refractivity contribution in [2.75, 3.05) is 0 Å². The molecule has 0 aromatic heterocycles. The second kappa shape index (κ2) is 23.2. The van der Waals surface area contributed by atoms with E-state index in [1.807, 2.05) is 6.08 Å². The van der Waals surface area contributed by atoms with E-state index in [1.165, 1.54) is 11.1 Å². The Labute approximate surface area is 336 Å². The van der Waals surface area contributed by atoms with Gasteiger partial charge in [0.2, 0.25) is 0 Å². The Hall–Kier alpha value is 8.43. The van der Waals surface area contributed by atoms with Crippen LogP contribution in [0.4, 0.5) is 0 Å². The fourth-order valence-electron chi connectivity index (χ4n) is 6.94. The first kappa shape index (κ1) is 51.8.